The van der Waals surface area contributed by atoms with E-state index in [-0.39, 0.29) is 18.0 Å². The highest BCUT2D eigenvalue weighted by molar-refractivity contribution is 6.02. The molecule has 0 radical (unpaired) electrons. The van der Waals surface area contributed by atoms with Gasteiger partial charge in [-0.15, -0.1) is 0 Å². The van der Waals surface area contributed by atoms with Gasteiger partial charge in [-0.2, -0.15) is 5.10 Å². The number of benzene rings is 2. The summed E-state index contributed by atoms with van der Waals surface area (Å²) in [5, 5.41) is 16.8. The molecule has 0 fully saturated rings. The van der Waals surface area contributed by atoms with E-state index < -0.39 is 0 Å². The van der Waals surface area contributed by atoms with Crippen LogP contribution in [0.3, 0.4) is 0 Å². The lowest BCUT2D eigenvalue weighted by Crippen LogP contribution is -2.33. The molecule has 3 aromatic rings. The zero-order valence-corrected chi connectivity index (χ0v) is 15.3. The van der Waals surface area contributed by atoms with E-state index in [1.807, 2.05) is 41.4 Å². The molecule has 1 aromatic heterocycles. The number of hydrazone groups is 1. The minimum Gasteiger partial charge on any atom is -0.508 e. The molecule has 2 aliphatic rings. The molecule has 3 heterocycles. The molecule has 5 rings (SSSR count). The molecule has 140 valence electrons. The lowest BCUT2D eigenvalue weighted by Gasteiger charge is -2.38. The van der Waals surface area contributed by atoms with Gasteiger partial charge in [-0.1, -0.05) is 24.3 Å². The quantitative estimate of drug-likeness (QED) is 0.751. The van der Waals surface area contributed by atoms with Crippen LogP contribution in [-0.2, 0) is 0 Å². The molecule has 0 saturated carbocycles. The molecule has 28 heavy (non-hydrogen) atoms. The SMILES string of the molecule is COc1cccc2c1O[C@@H](c1ccncc1)N1N=C(c3cccc(O)c3)C[C@@H]21. The highest BCUT2D eigenvalue weighted by Crippen LogP contribution is 2.50. The summed E-state index contributed by atoms with van der Waals surface area (Å²) in [4.78, 5) is 4.11. The van der Waals surface area contributed by atoms with Crippen LogP contribution in [0.15, 0.2) is 72.1 Å². The van der Waals surface area contributed by atoms with Crippen molar-refractivity contribution < 1.29 is 14.6 Å². The number of pyridine rings is 1. The second kappa shape index (κ2) is 6.56. The Bertz CT molecular complexity index is 1050. The Kier molecular flexibility index (Phi) is 3.90. The van der Waals surface area contributed by atoms with Gasteiger partial charge < -0.3 is 14.6 Å². The summed E-state index contributed by atoms with van der Waals surface area (Å²) in [5.74, 6) is 1.69. The number of phenolic OH excluding ortho intramolecular Hbond substituents is 1. The number of hydrogen-bond donors (Lipinski definition) is 1. The predicted octanol–water partition coefficient (Wildman–Crippen LogP) is 4.04. The summed E-state index contributed by atoms with van der Waals surface area (Å²) in [5.41, 5.74) is 3.84. The van der Waals surface area contributed by atoms with Crippen LogP contribution in [0.2, 0.25) is 0 Å². The highest BCUT2D eigenvalue weighted by atomic mass is 16.5. The predicted molar refractivity (Wildman–Crippen MR) is 104 cm³/mol. The number of rotatable bonds is 3. The molecule has 6 nitrogen and oxygen atoms in total. The van der Waals surface area contributed by atoms with E-state index in [2.05, 4.69) is 11.1 Å². The second-order valence-corrected chi connectivity index (χ2v) is 6.83. The van der Waals surface area contributed by atoms with Crippen LogP contribution >= 0.6 is 0 Å². The lowest BCUT2D eigenvalue weighted by atomic mass is 9.95. The van der Waals surface area contributed by atoms with Crippen molar-refractivity contribution >= 4 is 5.71 Å². The maximum Gasteiger partial charge on any atom is 0.214 e. The largest absolute Gasteiger partial charge is 0.508 e. The molecule has 0 bridgehead atoms. The smallest absolute Gasteiger partial charge is 0.214 e. The van der Waals surface area contributed by atoms with Crippen molar-refractivity contribution in [1.29, 1.82) is 0 Å². The van der Waals surface area contributed by atoms with Gasteiger partial charge in [0.15, 0.2) is 11.5 Å². The third-order valence-electron chi connectivity index (χ3n) is 5.17. The molecule has 0 amide bonds. The number of nitrogens with zero attached hydrogens (tertiary/aromatic N) is 3. The van der Waals surface area contributed by atoms with Crippen molar-refractivity contribution in [3.63, 3.8) is 0 Å². The van der Waals surface area contributed by atoms with Crippen molar-refractivity contribution in [2.24, 2.45) is 5.10 Å². The van der Waals surface area contributed by atoms with Gasteiger partial charge in [-0.25, -0.2) is 5.01 Å². The molecule has 0 unspecified atom stereocenters. The van der Waals surface area contributed by atoms with Crippen LogP contribution in [0.25, 0.3) is 0 Å². The van der Waals surface area contributed by atoms with Gasteiger partial charge in [0.05, 0.1) is 18.9 Å². The zero-order chi connectivity index (χ0) is 19.1. The van der Waals surface area contributed by atoms with Crippen LogP contribution in [0, 0.1) is 0 Å². The fraction of sp³-hybridized carbons (Fsp3) is 0.182. The van der Waals surface area contributed by atoms with Crippen molar-refractivity contribution in [3.05, 3.63) is 83.7 Å². The maximum absolute atomic E-state index is 9.87. The van der Waals surface area contributed by atoms with Gasteiger partial charge in [0.1, 0.15) is 5.75 Å². The Morgan fingerprint density at radius 3 is 2.71 bits per heavy atom. The van der Waals surface area contributed by atoms with Crippen LogP contribution in [0.5, 0.6) is 17.2 Å². The van der Waals surface area contributed by atoms with Crippen LogP contribution in [0.4, 0.5) is 0 Å². The number of fused-ring (bicyclic) bond motifs is 3. The number of ether oxygens (including phenoxy) is 2. The Labute approximate surface area is 162 Å². The van der Waals surface area contributed by atoms with Crippen LogP contribution in [-0.4, -0.2) is 27.9 Å². The lowest BCUT2D eigenvalue weighted by molar-refractivity contribution is -0.0209. The monoisotopic (exact) mass is 373 g/mol. The van der Waals surface area contributed by atoms with Crippen molar-refractivity contribution in [2.45, 2.75) is 18.7 Å². The van der Waals surface area contributed by atoms with Gasteiger partial charge in [0.2, 0.25) is 6.23 Å². The summed E-state index contributed by atoms with van der Waals surface area (Å²) in [7, 11) is 1.65. The van der Waals surface area contributed by atoms with Gasteiger partial charge in [0, 0.05) is 35.5 Å². The van der Waals surface area contributed by atoms with E-state index in [0.717, 1.165) is 28.2 Å². The van der Waals surface area contributed by atoms with Gasteiger partial charge in [0.25, 0.3) is 0 Å². The molecule has 2 aliphatic heterocycles. The highest BCUT2D eigenvalue weighted by Gasteiger charge is 2.42. The first-order valence-corrected chi connectivity index (χ1v) is 9.13. The Hall–Kier alpha value is -3.54. The average molecular weight is 373 g/mol. The van der Waals surface area contributed by atoms with Gasteiger partial charge >= 0.3 is 0 Å². The number of aromatic hydroxyl groups is 1. The number of hydrogen-bond acceptors (Lipinski definition) is 6. The first kappa shape index (κ1) is 16.6. The zero-order valence-electron chi connectivity index (χ0n) is 15.3. The maximum atomic E-state index is 9.87. The van der Waals surface area contributed by atoms with Crippen molar-refractivity contribution in [1.82, 2.24) is 9.99 Å². The minimum absolute atomic E-state index is 0.0226. The molecule has 0 saturated heterocycles. The van der Waals surface area contributed by atoms with E-state index in [4.69, 9.17) is 14.6 Å². The first-order valence-electron chi connectivity index (χ1n) is 9.13. The molecule has 2 aromatic carbocycles. The van der Waals surface area contributed by atoms with E-state index in [0.29, 0.717) is 12.2 Å². The summed E-state index contributed by atoms with van der Waals surface area (Å²) >= 11 is 0. The Morgan fingerprint density at radius 1 is 1.11 bits per heavy atom. The van der Waals surface area contributed by atoms with Crippen molar-refractivity contribution in [2.75, 3.05) is 7.11 Å². The van der Waals surface area contributed by atoms with E-state index in [1.165, 1.54) is 0 Å². The fourth-order valence-electron chi connectivity index (χ4n) is 3.85. The summed E-state index contributed by atoms with van der Waals surface area (Å²) in [6.07, 6.45) is 3.84. The number of para-hydroxylation sites is 1. The topological polar surface area (TPSA) is 67.2 Å². The summed E-state index contributed by atoms with van der Waals surface area (Å²) < 4.78 is 11.9. The van der Waals surface area contributed by atoms with E-state index >= 15 is 0 Å². The molecular formula is C22H19N3O3. The number of phenols is 1. The summed E-state index contributed by atoms with van der Waals surface area (Å²) in [6.45, 7) is 0. The van der Waals surface area contributed by atoms with Crippen molar-refractivity contribution in [3.8, 4) is 17.2 Å². The molecular weight excluding hydrogens is 354 g/mol. The van der Waals surface area contributed by atoms with E-state index in [9.17, 15) is 5.11 Å². The Morgan fingerprint density at radius 2 is 1.93 bits per heavy atom. The fourth-order valence-corrected chi connectivity index (χ4v) is 3.85. The molecule has 0 aliphatic carbocycles. The second-order valence-electron chi connectivity index (χ2n) is 6.83. The first-order chi connectivity index (χ1) is 13.7. The number of aromatic nitrogens is 1. The average Bonchev–Trinajstić information content (AvgIpc) is 3.19. The third kappa shape index (κ3) is 2.65. The standard InChI is InChI=1S/C22H19N3O3/c1-27-20-7-3-6-17-19-13-18(15-4-2-5-16(26)12-15)24-25(19)22(28-21(17)20)14-8-10-23-11-9-14/h2-12,19,22,26H,13H2,1H3/t19-,22-/m0/s1. The normalized spacial score (nSPS) is 20.0. The van der Waals surface area contributed by atoms with Gasteiger partial charge in [-0.05, 0) is 30.3 Å². The van der Waals surface area contributed by atoms with E-state index in [1.54, 1.807) is 31.6 Å². The molecule has 2 atom stereocenters. The number of methoxy groups -OCH3 is 1. The van der Waals surface area contributed by atoms with Crippen LogP contribution in [0.1, 0.15) is 35.4 Å². The van der Waals surface area contributed by atoms with Crippen LogP contribution < -0.4 is 9.47 Å². The molecule has 0 spiro atoms. The Balaban J connectivity index is 1.63. The van der Waals surface area contributed by atoms with Gasteiger partial charge in [-0.3, -0.25) is 4.98 Å². The summed E-state index contributed by atoms with van der Waals surface area (Å²) in [6, 6.07) is 17.0. The molecule has 6 heteroatoms. The third-order valence-corrected chi connectivity index (χ3v) is 5.17. The minimum atomic E-state index is -0.383. The molecule has 1 N–H and O–H groups in total.